The molecular weight excluding hydrogens is 511 g/mol. The standard InChI is InChI=1S/C22H30N4O2S.HI/c1-3-23-22(25-13-14(2)11-17-5-4-10-29-17)24-8-9-26-20(27)18-15-6-7-16(12-15)19(18)21(26)28;/h4-7,10,14-16,18-19H,3,8-9,11-13H2,1-2H3,(H2,23,24,25);1H. The van der Waals surface area contributed by atoms with Crippen molar-refractivity contribution in [2.24, 2.45) is 34.6 Å². The van der Waals surface area contributed by atoms with Gasteiger partial charge in [-0.3, -0.25) is 19.5 Å². The molecule has 4 rings (SSSR count). The number of carbonyl (C=O) groups excluding carboxylic acids is 2. The third kappa shape index (κ3) is 4.74. The molecule has 1 aromatic rings. The first kappa shape index (κ1) is 23.2. The molecule has 2 amide bonds. The van der Waals surface area contributed by atoms with Gasteiger partial charge in [-0.1, -0.05) is 25.1 Å². The van der Waals surface area contributed by atoms with Gasteiger partial charge in [0.15, 0.2) is 5.96 Å². The van der Waals surface area contributed by atoms with Crippen molar-refractivity contribution in [3.8, 4) is 0 Å². The third-order valence-corrected chi connectivity index (χ3v) is 7.12. The Morgan fingerprint density at radius 3 is 2.53 bits per heavy atom. The number of aliphatic imine (C=N–C) groups is 1. The van der Waals surface area contributed by atoms with Crippen molar-refractivity contribution in [3.63, 3.8) is 0 Å². The second kappa shape index (κ2) is 10.3. The highest BCUT2D eigenvalue weighted by molar-refractivity contribution is 14.0. The molecule has 6 nitrogen and oxygen atoms in total. The van der Waals surface area contributed by atoms with Gasteiger partial charge in [0, 0.05) is 31.1 Å². The van der Waals surface area contributed by atoms with E-state index in [-0.39, 0.29) is 59.5 Å². The zero-order valence-electron chi connectivity index (χ0n) is 17.5. The van der Waals surface area contributed by atoms with Crippen LogP contribution in [-0.2, 0) is 16.0 Å². The average Bonchev–Trinajstić information content (AvgIpc) is 3.48. The van der Waals surface area contributed by atoms with Crippen LogP contribution < -0.4 is 10.6 Å². The number of allylic oxidation sites excluding steroid dienone is 2. The van der Waals surface area contributed by atoms with Crippen molar-refractivity contribution in [3.05, 3.63) is 34.5 Å². The van der Waals surface area contributed by atoms with Crippen molar-refractivity contribution in [1.29, 1.82) is 0 Å². The molecule has 164 valence electrons. The molecule has 5 unspecified atom stereocenters. The first-order chi connectivity index (χ1) is 14.1. The van der Waals surface area contributed by atoms with Crippen molar-refractivity contribution >= 4 is 53.1 Å². The summed E-state index contributed by atoms with van der Waals surface area (Å²) < 4.78 is 0. The summed E-state index contributed by atoms with van der Waals surface area (Å²) in [5.74, 6) is 1.54. The second-order valence-corrected chi connectivity index (χ2v) is 9.40. The van der Waals surface area contributed by atoms with Gasteiger partial charge in [-0.05, 0) is 49.0 Å². The number of amides is 2. The third-order valence-electron chi connectivity index (χ3n) is 6.22. The highest BCUT2D eigenvalue weighted by Crippen LogP contribution is 2.52. The molecule has 0 spiro atoms. The molecule has 1 saturated carbocycles. The first-order valence-corrected chi connectivity index (χ1v) is 11.5. The molecule has 1 aliphatic heterocycles. The summed E-state index contributed by atoms with van der Waals surface area (Å²) in [4.78, 5) is 33.0. The fourth-order valence-corrected chi connectivity index (χ4v) is 5.77. The molecule has 0 aromatic carbocycles. The molecule has 2 heterocycles. The topological polar surface area (TPSA) is 73.8 Å². The fourth-order valence-electron chi connectivity index (χ4n) is 4.90. The lowest BCUT2D eigenvalue weighted by Gasteiger charge is -2.19. The quantitative estimate of drug-likeness (QED) is 0.174. The molecule has 0 radical (unpaired) electrons. The molecule has 1 saturated heterocycles. The maximum Gasteiger partial charge on any atom is 0.233 e. The Morgan fingerprint density at radius 2 is 1.93 bits per heavy atom. The lowest BCUT2D eigenvalue weighted by molar-refractivity contribution is -0.140. The maximum atomic E-state index is 12.8. The van der Waals surface area contributed by atoms with Crippen LogP contribution in [0.3, 0.4) is 0 Å². The number of halogens is 1. The first-order valence-electron chi connectivity index (χ1n) is 10.7. The smallest absolute Gasteiger partial charge is 0.233 e. The van der Waals surface area contributed by atoms with E-state index in [0.717, 1.165) is 31.9 Å². The number of likely N-dealkylation sites (tertiary alicyclic amines) is 1. The molecule has 30 heavy (non-hydrogen) atoms. The maximum absolute atomic E-state index is 12.8. The summed E-state index contributed by atoms with van der Waals surface area (Å²) in [5.41, 5.74) is 0. The van der Waals surface area contributed by atoms with E-state index in [9.17, 15) is 9.59 Å². The number of hydrogen-bond donors (Lipinski definition) is 2. The molecular formula is C22H31IN4O2S. The van der Waals surface area contributed by atoms with Gasteiger partial charge in [0.2, 0.25) is 11.8 Å². The van der Waals surface area contributed by atoms with Crippen LogP contribution in [-0.4, -0.2) is 48.9 Å². The molecule has 8 heteroatoms. The minimum atomic E-state index is -0.113. The van der Waals surface area contributed by atoms with Crippen molar-refractivity contribution in [2.45, 2.75) is 26.7 Å². The minimum absolute atomic E-state index is 0. The number of fused-ring (bicyclic) bond motifs is 5. The van der Waals surface area contributed by atoms with Crippen molar-refractivity contribution in [2.75, 3.05) is 26.2 Å². The fraction of sp³-hybridized carbons (Fsp3) is 0.591. The van der Waals surface area contributed by atoms with E-state index in [1.54, 1.807) is 11.3 Å². The Labute approximate surface area is 199 Å². The zero-order chi connectivity index (χ0) is 20.4. The normalized spacial score (nSPS) is 27.9. The van der Waals surface area contributed by atoms with Crippen LogP contribution in [0.25, 0.3) is 0 Å². The molecule has 1 aromatic heterocycles. The van der Waals surface area contributed by atoms with Gasteiger partial charge in [0.1, 0.15) is 0 Å². The highest BCUT2D eigenvalue weighted by atomic mass is 127. The van der Waals surface area contributed by atoms with Crippen LogP contribution in [0.5, 0.6) is 0 Å². The van der Waals surface area contributed by atoms with Gasteiger partial charge >= 0.3 is 0 Å². The van der Waals surface area contributed by atoms with E-state index in [1.165, 1.54) is 9.78 Å². The number of rotatable bonds is 8. The molecule has 3 aliphatic rings. The Bertz CT molecular complexity index is 780. The van der Waals surface area contributed by atoms with Crippen LogP contribution in [0.15, 0.2) is 34.7 Å². The number of hydrogen-bond acceptors (Lipinski definition) is 4. The van der Waals surface area contributed by atoms with Crippen LogP contribution in [0.1, 0.15) is 25.1 Å². The van der Waals surface area contributed by atoms with Gasteiger partial charge in [0.05, 0.1) is 11.8 Å². The van der Waals surface area contributed by atoms with E-state index in [1.807, 2.05) is 6.92 Å². The number of nitrogens with one attached hydrogen (secondary N) is 2. The minimum Gasteiger partial charge on any atom is -0.357 e. The van der Waals surface area contributed by atoms with Crippen LogP contribution in [0, 0.1) is 29.6 Å². The van der Waals surface area contributed by atoms with E-state index >= 15 is 0 Å². The Morgan fingerprint density at radius 1 is 1.23 bits per heavy atom. The van der Waals surface area contributed by atoms with E-state index in [4.69, 9.17) is 0 Å². The van der Waals surface area contributed by atoms with Crippen LogP contribution in [0.4, 0.5) is 0 Å². The Kier molecular flexibility index (Phi) is 7.95. The van der Waals surface area contributed by atoms with Gasteiger partial charge in [-0.25, -0.2) is 0 Å². The summed E-state index contributed by atoms with van der Waals surface area (Å²) in [6.45, 7) is 6.66. The van der Waals surface area contributed by atoms with Gasteiger partial charge < -0.3 is 10.6 Å². The van der Waals surface area contributed by atoms with Gasteiger partial charge in [0.25, 0.3) is 0 Å². The number of carbonyl (C=O) groups is 2. The van der Waals surface area contributed by atoms with E-state index in [0.29, 0.717) is 19.0 Å². The number of guanidine groups is 1. The summed E-state index contributed by atoms with van der Waals surface area (Å²) in [7, 11) is 0. The summed E-state index contributed by atoms with van der Waals surface area (Å²) in [5, 5.41) is 8.64. The Balaban J connectivity index is 0.00000256. The van der Waals surface area contributed by atoms with Crippen molar-refractivity contribution < 1.29 is 9.59 Å². The van der Waals surface area contributed by atoms with E-state index in [2.05, 4.69) is 52.2 Å². The predicted octanol–water partition coefficient (Wildman–Crippen LogP) is 2.91. The lowest BCUT2D eigenvalue weighted by Crippen LogP contribution is -2.43. The summed E-state index contributed by atoms with van der Waals surface area (Å²) in [6.07, 6.45) is 6.26. The molecule has 2 aliphatic carbocycles. The number of thiophene rings is 1. The molecule has 2 N–H and O–H groups in total. The zero-order valence-corrected chi connectivity index (χ0v) is 20.7. The van der Waals surface area contributed by atoms with Crippen LogP contribution >= 0.6 is 35.3 Å². The van der Waals surface area contributed by atoms with Crippen LogP contribution in [0.2, 0.25) is 0 Å². The summed E-state index contributed by atoms with van der Waals surface area (Å²) >= 11 is 1.78. The van der Waals surface area contributed by atoms with Gasteiger partial charge in [-0.2, -0.15) is 0 Å². The second-order valence-electron chi connectivity index (χ2n) is 8.36. The Hall–Kier alpha value is -1.42. The van der Waals surface area contributed by atoms with Crippen molar-refractivity contribution in [1.82, 2.24) is 15.5 Å². The predicted molar refractivity (Wildman–Crippen MR) is 131 cm³/mol. The lowest BCUT2D eigenvalue weighted by atomic mass is 9.85. The molecule has 5 atom stereocenters. The highest BCUT2D eigenvalue weighted by Gasteiger charge is 2.58. The van der Waals surface area contributed by atoms with Gasteiger partial charge in [-0.15, -0.1) is 35.3 Å². The SMILES string of the molecule is CCNC(=NCC(C)Cc1cccs1)NCCN1C(=O)C2C3C=CC(C3)C2C1=O.I. The number of imide groups is 1. The molecule has 2 fully saturated rings. The number of nitrogens with zero attached hydrogens (tertiary/aromatic N) is 2. The molecule has 2 bridgehead atoms. The van der Waals surface area contributed by atoms with E-state index < -0.39 is 0 Å². The largest absolute Gasteiger partial charge is 0.357 e. The summed E-state index contributed by atoms with van der Waals surface area (Å²) in [6, 6.07) is 4.24. The monoisotopic (exact) mass is 542 g/mol. The average molecular weight is 542 g/mol.